The summed E-state index contributed by atoms with van der Waals surface area (Å²) in [6.45, 7) is 4.35. The Bertz CT molecular complexity index is 675. The average Bonchev–Trinajstić information content (AvgIpc) is 3.00. The third kappa shape index (κ3) is 2.50. The highest BCUT2D eigenvalue weighted by Gasteiger charge is 2.60. The molecule has 1 N–H and O–H groups in total. The van der Waals surface area contributed by atoms with E-state index < -0.39 is 0 Å². The van der Waals surface area contributed by atoms with Crippen molar-refractivity contribution in [3.8, 4) is 0 Å². The van der Waals surface area contributed by atoms with E-state index in [9.17, 15) is 14.7 Å². The molecular weight excluding hydrogens is 324 g/mol. The molecule has 4 aliphatic rings. The molecule has 6 atom stereocenters. The van der Waals surface area contributed by atoms with Crippen molar-refractivity contribution in [2.45, 2.75) is 65.2 Å². The van der Waals surface area contributed by atoms with Crippen molar-refractivity contribution in [1.82, 2.24) is 0 Å². The van der Waals surface area contributed by atoms with Crippen LogP contribution in [-0.2, 0) is 9.59 Å². The number of fused-ring (bicyclic) bond motifs is 5. The van der Waals surface area contributed by atoms with Crippen LogP contribution in [0, 0.1) is 34.5 Å². The van der Waals surface area contributed by atoms with Gasteiger partial charge in [-0.2, -0.15) is 0 Å². The highest BCUT2D eigenvalue weighted by atomic mass is 16.3. The Hall–Kier alpha value is -1.22. The summed E-state index contributed by atoms with van der Waals surface area (Å²) in [7, 11) is 0. The molecular formula is C23H32O3. The van der Waals surface area contributed by atoms with E-state index in [1.807, 2.05) is 6.08 Å². The van der Waals surface area contributed by atoms with E-state index in [1.54, 1.807) is 6.92 Å². The largest absolute Gasteiger partial charge is 0.396 e. The molecule has 0 aromatic carbocycles. The number of Topliss-reactive ketones (excluding diaryl/α,β-unsaturated/α-hetero) is 1. The molecule has 4 aliphatic carbocycles. The number of hydrogen-bond donors (Lipinski definition) is 1. The van der Waals surface area contributed by atoms with Crippen molar-refractivity contribution in [3.05, 3.63) is 23.8 Å². The minimum Gasteiger partial charge on any atom is -0.396 e. The molecule has 3 nitrogen and oxygen atoms in total. The van der Waals surface area contributed by atoms with Crippen LogP contribution in [-0.4, -0.2) is 23.3 Å². The first-order valence-corrected chi connectivity index (χ1v) is 10.5. The van der Waals surface area contributed by atoms with Gasteiger partial charge in [0.1, 0.15) is 5.78 Å². The van der Waals surface area contributed by atoms with Gasteiger partial charge in [-0.05, 0) is 92.1 Å². The van der Waals surface area contributed by atoms with Gasteiger partial charge in [0, 0.05) is 18.9 Å². The average molecular weight is 357 g/mol. The number of rotatable bonds is 4. The lowest BCUT2D eigenvalue weighted by molar-refractivity contribution is -0.128. The Morgan fingerprint density at radius 1 is 1.23 bits per heavy atom. The molecule has 4 rings (SSSR count). The predicted octanol–water partition coefficient (Wildman–Crippen LogP) is 4.25. The zero-order valence-electron chi connectivity index (χ0n) is 16.2. The van der Waals surface area contributed by atoms with Crippen LogP contribution in [0.15, 0.2) is 23.8 Å². The second-order valence-electron chi connectivity index (χ2n) is 9.47. The van der Waals surface area contributed by atoms with Crippen LogP contribution in [0.4, 0.5) is 0 Å². The molecule has 0 bridgehead atoms. The van der Waals surface area contributed by atoms with E-state index in [0.717, 1.165) is 44.9 Å². The van der Waals surface area contributed by atoms with Crippen LogP contribution in [0.1, 0.15) is 65.2 Å². The molecule has 0 unspecified atom stereocenters. The minimum absolute atomic E-state index is 0.0855. The highest BCUT2D eigenvalue weighted by Crippen LogP contribution is 2.66. The molecule has 0 aromatic heterocycles. The summed E-state index contributed by atoms with van der Waals surface area (Å²) >= 11 is 0. The first-order chi connectivity index (χ1) is 12.4. The van der Waals surface area contributed by atoms with Gasteiger partial charge in [0.05, 0.1) is 0 Å². The van der Waals surface area contributed by atoms with E-state index in [-0.39, 0.29) is 29.1 Å². The minimum atomic E-state index is 0.0855. The van der Waals surface area contributed by atoms with Crippen LogP contribution in [0.5, 0.6) is 0 Å². The van der Waals surface area contributed by atoms with Gasteiger partial charge >= 0.3 is 0 Å². The number of carbonyl (C=O) groups is 2. The van der Waals surface area contributed by atoms with Crippen molar-refractivity contribution in [1.29, 1.82) is 0 Å². The molecule has 0 aromatic rings. The maximum Gasteiger partial charge on any atom is 0.156 e. The molecule has 0 aliphatic heterocycles. The Kier molecular flexibility index (Phi) is 4.50. The van der Waals surface area contributed by atoms with Crippen molar-refractivity contribution >= 4 is 11.6 Å². The molecule has 2 fully saturated rings. The van der Waals surface area contributed by atoms with Crippen LogP contribution >= 0.6 is 0 Å². The SMILES string of the molecule is CC(=O)[C@H]1CC[C@H]2[C@@H]3C=CC4=CC(=O)CC[C@]4(C)[C@H]3CC[C@]12CCCO. The number of aliphatic hydroxyl groups is 1. The highest BCUT2D eigenvalue weighted by molar-refractivity contribution is 5.92. The second kappa shape index (κ2) is 6.44. The van der Waals surface area contributed by atoms with E-state index in [0.29, 0.717) is 30.0 Å². The zero-order chi connectivity index (χ0) is 18.5. The van der Waals surface area contributed by atoms with Crippen LogP contribution < -0.4 is 0 Å². The second-order valence-corrected chi connectivity index (χ2v) is 9.47. The van der Waals surface area contributed by atoms with E-state index >= 15 is 0 Å². The first kappa shape index (κ1) is 18.2. The number of carbonyl (C=O) groups excluding carboxylic acids is 2. The van der Waals surface area contributed by atoms with Crippen molar-refractivity contribution in [2.75, 3.05) is 6.61 Å². The lowest BCUT2D eigenvalue weighted by atomic mass is 9.47. The summed E-state index contributed by atoms with van der Waals surface area (Å²) in [6, 6.07) is 0. The number of hydrogen-bond acceptors (Lipinski definition) is 3. The lowest BCUT2D eigenvalue weighted by Gasteiger charge is -2.57. The lowest BCUT2D eigenvalue weighted by Crippen LogP contribution is -2.50. The van der Waals surface area contributed by atoms with Gasteiger partial charge in [-0.3, -0.25) is 9.59 Å². The summed E-state index contributed by atoms with van der Waals surface area (Å²) in [5, 5.41) is 9.45. The Balaban J connectivity index is 1.72. The molecule has 0 radical (unpaired) electrons. The number of aliphatic hydroxyl groups excluding tert-OH is 1. The van der Waals surface area contributed by atoms with Gasteiger partial charge in [-0.1, -0.05) is 19.1 Å². The van der Waals surface area contributed by atoms with Crippen LogP contribution in [0.3, 0.4) is 0 Å². The normalized spacial score (nSPS) is 44.1. The smallest absolute Gasteiger partial charge is 0.156 e. The third-order valence-electron chi connectivity index (χ3n) is 8.52. The van der Waals surface area contributed by atoms with Gasteiger partial charge in [-0.15, -0.1) is 0 Å². The fourth-order valence-corrected chi connectivity index (χ4v) is 7.31. The molecule has 2 saturated carbocycles. The van der Waals surface area contributed by atoms with Gasteiger partial charge in [0.25, 0.3) is 0 Å². The van der Waals surface area contributed by atoms with Gasteiger partial charge < -0.3 is 5.11 Å². The van der Waals surface area contributed by atoms with Crippen LogP contribution in [0.2, 0.25) is 0 Å². The summed E-state index contributed by atoms with van der Waals surface area (Å²) in [5.74, 6) is 2.44. The summed E-state index contributed by atoms with van der Waals surface area (Å²) in [6.07, 6.45) is 14.3. The maximum absolute atomic E-state index is 12.4. The summed E-state index contributed by atoms with van der Waals surface area (Å²) in [5.41, 5.74) is 1.44. The summed E-state index contributed by atoms with van der Waals surface area (Å²) in [4.78, 5) is 24.3. The molecule has 0 saturated heterocycles. The standard InChI is InChI=1S/C23H32O3/c1-15(25)19-6-7-21-18-5-4-16-14-17(26)8-11-22(16,2)20(18)9-12-23(19,21)10-3-13-24/h4-5,14,18-21,24H,3,6-13H2,1-2H3/t18-,19-,20+,21+,22+,23-/m1/s1. The monoisotopic (exact) mass is 356 g/mol. The van der Waals surface area contributed by atoms with E-state index in [1.165, 1.54) is 5.57 Å². The fraction of sp³-hybridized carbons (Fsp3) is 0.739. The van der Waals surface area contributed by atoms with Crippen molar-refractivity contribution in [2.24, 2.45) is 34.5 Å². The zero-order valence-corrected chi connectivity index (χ0v) is 16.2. The number of allylic oxidation sites excluding steroid dienone is 4. The van der Waals surface area contributed by atoms with Crippen LogP contribution in [0.25, 0.3) is 0 Å². The van der Waals surface area contributed by atoms with Gasteiger partial charge in [0.15, 0.2) is 5.78 Å². The molecule has 3 heteroatoms. The molecule has 26 heavy (non-hydrogen) atoms. The Labute approximate surface area is 156 Å². The van der Waals surface area contributed by atoms with Gasteiger partial charge in [0.2, 0.25) is 0 Å². The number of ketones is 2. The molecule has 142 valence electrons. The first-order valence-electron chi connectivity index (χ1n) is 10.5. The van der Waals surface area contributed by atoms with Gasteiger partial charge in [-0.25, -0.2) is 0 Å². The maximum atomic E-state index is 12.4. The Morgan fingerprint density at radius 2 is 2.04 bits per heavy atom. The fourth-order valence-electron chi connectivity index (χ4n) is 7.31. The third-order valence-corrected chi connectivity index (χ3v) is 8.52. The van der Waals surface area contributed by atoms with E-state index in [4.69, 9.17) is 0 Å². The van der Waals surface area contributed by atoms with Crippen molar-refractivity contribution in [3.63, 3.8) is 0 Å². The molecule has 0 amide bonds. The molecule has 0 spiro atoms. The van der Waals surface area contributed by atoms with Crippen molar-refractivity contribution < 1.29 is 14.7 Å². The Morgan fingerprint density at radius 3 is 2.77 bits per heavy atom. The van der Waals surface area contributed by atoms with E-state index in [2.05, 4.69) is 19.1 Å². The topological polar surface area (TPSA) is 54.4 Å². The molecule has 0 heterocycles. The predicted molar refractivity (Wildman–Crippen MR) is 101 cm³/mol. The summed E-state index contributed by atoms with van der Waals surface area (Å²) < 4.78 is 0. The quantitative estimate of drug-likeness (QED) is 0.819.